The molecule has 1 N–H and O–H groups in total. The summed E-state index contributed by atoms with van der Waals surface area (Å²) in [5, 5.41) is 3.35. The molecule has 3 nitrogen and oxygen atoms in total. The number of hydrogen-bond acceptors (Lipinski definition) is 3. The van der Waals surface area contributed by atoms with Crippen LogP contribution in [0.4, 0.5) is 5.82 Å². The monoisotopic (exact) mass is 270 g/mol. The lowest BCUT2D eigenvalue weighted by Crippen LogP contribution is -2.24. The van der Waals surface area contributed by atoms with Gasteiger partial charge in [0.1, 0.15) is 0 Å². The van der Waals surface area contributed by atoms with Crippen molar-refractivity contribution in [3.8, 4) is 5.75 Å². The molecule has 0 atom stereocenters. The Kier molecular flexibility index (Phi) is 6.27. The molecule has 0 radical (unpaired) electrons. The average molecular weight is 271 g/mol. The van der Waals surface area contributed by atoms with E-state index in [1.807, 2.05) is 12.1 Å². The predicted octanol–water partition coefficient (Wildman–Crippen LogP) is 3.94. The molecule has 1 rings (SSSR count). The smallest absolute Gasteiger partial charge is 0.168 e. The van der Waals surface area contributed by atoms with Gasteiger partial charge in [-0.2, -0.15) is 0 Å². The van der Waals surface area contributed by atoms with Crippen LogP contribution in [-0.4, -0.2) is 24.0 Å². The van der Waals surface area contributed by atoms with Crippen molar-refractivity contribution in [1.82, 2.24) is 4.98 Å². The highest BCUT2D eigenvalue weighted by molar-refractivity contribution is 6.17. The maximum Gasteiger partial charge on any atom is 0.168 e. The number of anilines is 1. The summed E-state index contributed by atoms with van der Waals surface area (Å²) in [6, 6.07) is 3.83. The Hall–Kier alpha value is -0.960. The molecule has 1 aromatic rings. The van der Waals surface area contributed by atoms with Crippen LogP contribution in [0.3, 0.4) is 0 Å². The number of nitrogens with zero attached hydrogens (tertiary/aromatic N) is 1. The van der Waals surface area contributed by atoms with Gasteiger partial charge in [0.2, 0.25) is 0 Å². The van der Waals surface area contributed by atoms with E-state index in [4.69, 9.17) is 16.3 Å². The molecule has 4 heteroatoms. The van der Waals surface area contributed by atoms with E-state index in [-0.39, 0.29) is 5.41 Å². The topological polar surface area (TPSA) is 34.1 Å². The van der Waals surface area contributed by atoms with E-state index < -0.39 is 0 Å². The predicted molar refractivity (Wildman–Crippen MR) is 77.6 cm³/mol. The summed E-state index contributed by atoms with van der Waals surface area (Å²) in [7, 11) is 0. The Morgan fingerprint density at radius 3 is 2.89 bits per heavy atom. The third kappa shape index (κ3) is 5.13. The zero-order valence-electron chi connectivity index (χ0n) is 11.5. The highest BCUT2D eigenvalue weighted by atomic mass is 35.5. The largest absolute Gasteiger partial charge is 0.490 e. The van der Waals surface area contributed by atoms with Gasteiger partial charge in [-0.15, -0.1) is 11.6 Å². The summed E-state index contributed by atoms with van der Waals surface area (Å²) in [6.45, 7) is 8.02. The molecule has 0 unspecified atom stereocenters. The summed E-state index contributed by atoms with van der Waals surface area (Å²) >= 11 is 5.80. The molecule has 0 aromatic carbocycles. The zero-order chi connectivity index (χ0) is 13.4. The van der Waals surface area contributed by atoms with E-state index >= 15 is 0 Å². The van der Waals surface area contributed by atoms with Gasteiger partial charge in [0, 0.05) is 18.6 Å². The third-order valence-corrected chi connectivity index (χ3v) is 2.93. The molecule has 1 aromatic heterocycles. The SMILES string of the molecule is CCCOc1cccnc1NCC(C)(C)CCCl. The third-order valence-electron chi connectivity index (χ3n) is 2.74. The van der Waals surface area contributed by atoms with Gasteiger partial charge in [0.25, 0.3) is 0 Å². The fourth-order valence-electron chi connectivity index (χ4n) is 1.52. The number of pyridine rings is 1. The lowest BCUT2D eigenvalue weighted by molar-refractivity contribution is 0.316. The van der Waals surface area contributed by atoms with E-state index in [2.05, 4.69) is 31.1 Å². The molecule has 1 heterocycles. The number of halogens is 1. The standard InChI is InChI=1S/C14H23ClN2O/c1-4-10-18-12-6-5-9-16-13(12)17-11-14(2,3)7-8-15/h5-6,9H,4,7-8,10-11H2,1-3H3,(H,16,17). The van der Waals surface area contributed by atoms with Crippen LogP contribution in [-0.2, 0) is 0 Å². The first-order chi connectivity index (χ1) is 8.59. The minimum Gasteiger partial charge on any atom is -0.490 e. The Morgan fingerprint density at radius 2 is 2.22 bits per heavy atom. The molecule has 0 fully saturated rings. The summed E-state index contributed by atoms with van der Waals surface area (Å²) in [5.41, 5.74) is 0.154. The minimum absolute atomic E-state index is 0.154. The van der Waals surface area contributed by atoms with Crippen LogP contribution in [0.1, 0.15) is 33.6 Å². The highest BCUT2D eigenvalue weighted by Crippen LogP contribution is 2.25. The second-order valence-electron chi connectivity index (χ2n) is 5.16. The van der Waals surface area contributed by atoms with Crippen LogP contribution in [0, 0.1) is 5.41 Å². The van der Waals surface area contributed by atoms with E-state index in [0.29, 0.717) is 12.5 Å². The molecular formula is C14H23ClN2O. The van der Waals surface area contributed by atoms with Crippen molar-refractivity contribution in [3.63, 3.8) is 0 Å². The molecule has 0 aliphatic heterocycles. The maximum absolute atomic E-state index is 5.80. The molecule has 102 valence electrons. The first-order valence-corrected chi connectivity index (χ1v) is 7.00. The van der Waals surface area contributed by atoms with Crippen molar-refractivity contribution in [1.29, 1.82) is 0 Å². The quantitative estimate of drug-likeness (QED) is 0.727. The molecule has 0 saturated carbocycles. The summed E-state index contributed by atoms with van der Waals surface area (Å²) < 4.78 is 5.66. The van der Waals surface area contributed by atoms with Crippen LogP contribution < -0.4 is 10.1 Å². The van der Waals surface area contributed by atoms with Gasteiger partial charge < -0.3 is 10.1 Å². The van der Waals surface area contributed by atoms with E-state index in [9.17, 15) is 0 Å². The second kappa shape index (κ2) is 7.47. The molecule has 0 bridgehead atoms. The highest BCUT2D eigenvalue weighted by Gasteiger charge is 2.17. The molecule has 0 spiro atoms. The Labute approximate surface area is 115 Å². The molecule has 0 aliphatic rings. The van der Waals surface area contributed by atoms with Gasteiger partial charge in [-0.3, -0.25) is 0 Å². The number of hydrogen-bond donors (Lipinski definition) is 1. The van der Waals surface area contributed by atoms with Gasteiger partial charge in [0.15, 0.2) is 11.6 Å². The van der Waals surface area contributed by atoms with E-state index in [1.54, 1.807) is 6.20 Å². The fraction of sp³-hybridized carbons (Fsp3) is 0.643. The zero-order valence-corrected chi connectivity index (χ0v) is 12.3. The van der Waals surface area contributed by atoms with Crippen molar-refractivity contribution in [3.05, 3.63) is 18.3 Å². The lowest BCUT2D eigenvalue weighted by atomic mass is 9.90. The summed E-state index contributed by atoms with van der Waals surface area (Å²) in [5.74, 6) is 2.31. The maximum atomic E-state index is 5.80. The number of rotatable bonds is 8. The minimum atomic E-state index is 0.154. The first-order valence-electron chi connectivity index (χ1n) is 6.46. The van der Waals surface area contributed by atoms with Gasteiger partial charge in [-0.1, -0.05) is 20.8 Å². The fourth-order valence-corrected chi connectivity index (χ4v) is 2.03. The average Bonchev–Trinajstić information content (AvgIpc) is 2.35. The van der Waals surface area contributed by atoms with Crippen molar-refractivity contribution < 1.29 is 4.74 Å². The van der Waals surface area contributed by atoms with Gasteiger partial charge in [-0.25, -0.2) is 4.98 Å². The van der Waals surface area contributed by atoms with Crippen LogP contribution in [0.25, 0.3) is 0 Å². The van der Waals surface area contributed by atoms with Crippen LogP contribution in [0.5, 0.6) is 5.75 Å². The normalized spacial score (nSPS) is 11.3. The van der Waals surface area contributed by atoms with Crippen molar-refractivity contribution >= 4 is 17.4 Å². The second-order valence-corrected chi connectivity index (χ2v) is 5.53. The number of ether oxygens (including phenoxy) is 1. The van der Waals surface area contributed by atoms with Crippen LogP contribution in [0.2, 0.25) is 0 Å². The van der Waals surface area contributed by atoms with E-state index in [0.717, 1.165) is 31.0 Å². The van der Waals surface area contributed by atoms with Gasteiger partial charge in [-0.05, 0) is 30.4 Å². The van der Waals surface area contributed by atoms with Gasteiger partial charge in [0.05, 0.1) is 6.61 Å². The Morgan fingerprint density at radius 1 is 1.44 bits per heavy atom. The molecule has 0 amide bonds. The first kappa shape index (κ1) is 15.1. The molecule has 0 aliphatic carbocycles. The number of alkyl halides is 1. The lowest BCUT2D eigenvalue weighted by Gasteiger charge is -2.24. The van der Waals surface area contributed by atoms with Gasteiger partial charge >= 0.3 is 0 Å². The van der Waals surface area contributed by atoms with Crippen molar-refractivity contribution in [2.45, 2.75) is 33.6 Å². The molecular weight excluding hydrogens is 248 g/mol. The molecule has 0 saturated heterocycles. The van der Waals surface area contributed by atoms with Crippen molar-refractivity contribution in [2.24, 2.45) is 5.41 Å². The number of aromatic nitrogens is 1. The Bertz CT molecular complexity index is 355. The number of nitrogens with one attached hydrogen (secondary N) is 1. The summed E-state index contributed by atoms with van der Waals surface area (Å²) in [4.78, 5) is 4.33. The van der Waals surface area contributed by atoms with Crippen LogP contribution in [0.15, 0.2) is 18.3 Å². The summed E-state index contributed by atoms with van der Waals surface area (Å²) in [6.07, 6.45) is 3.74. The Balaban J connectivity index is 2.60. The van der Waals surface area contributed by atoms with E-state index in [1.165, 1.54) is 0 Å². The van der Waals surface area contributed by atoms with Crippen LogP contribution >= 0.6 is 11.6 Å². The van der Waals surface area contributed by atoms with Crippen molar-refractivity contribution in [2.75, 3.05) is 24.3 Å². The molecule has 18 heavy (non-hydrogen) atoms.